The van der Waals surface area contributed by atoms with Crippen molar-refractivity contribution in [2.45, 2.75) is 24.0 Å². The molecule has 3 rings (SSSR count). The molecule has 9 heteroatoms. The number of pyridine rings is 1. The summed E-state index contributed by atoms with van der Waals surface area (Å²) in [6, 6.07) is 7.57. The van der Waals surface area contributed by atoms with Crippen molar-refractivity contribution in [1.82, 2.24) is 14.2 Å². The molecule has 1 aliphatic rings. The fourth-order valence-electron chi connectivity index (χ4n) is 3.13. The molecule has 0 aliphatic carbocycles. The van der Waals surface area contributed by atoms with Crippen LogP contribution in [0.1, 0.15) is 24.1 Å². The van der Waals surface area contributed by atoms with Gasteiger partial charge >= 0.3 is 6.18 Å². The average molecular weight is 399 g/mol. The van der Waals surface area contributed by atoms with E-state index >= 15 is 0 Å². The molecule has 0 amide bonds. The van der Waals surface area contributed by atoms with E-state index in [1.165, 1.54) is 4.31 Å². The number of sulfonamides is 1. The number of hydrogen-bond acceptors (Lipinski definition) is 4. The summed E-state index contributed by atoms with van der Waals surface area (Å²) in [5.74, 6) is 0. The first-order chi connectivity index (χ1) is 12.7. The van der Waals surface area contributed by atoms with E-state index in [4.69, 9.17) is 0 Å². The highest BCUT2D eigenvalue weighted by Crippen LogP contribution is 2.30. The maximum absolute atomic E-state index is 12.7. The molecule has 1 atom stereocenters. The van der Waals surface area contributed by atoms with Gasteiger partial charge in [-0.25, -0.2) is 8.42 Å². The minimum absolute atomic E-state index is 0.106. The second-order valence-corrected chi connectivity index (χ2v) is 8.36. The SMILES string of the molecule is CC(c1cccnc1)N1CCN(S(=O)(=O)c2ccc(C(F)(F)F)cc2)CC1. The van der Waals surface area contributed by atoms with E-state index in [1.54, 1.807) is 12.4 Å². The Morgan fingerprint density at radius 3 is 2.19 bits per heavy atom. The number of piperazine rings is 1. The van der Waals surface area contributed by atoms with Crippen molar-refractivity contribution in [3.05, 3.63) is 59.9 Å². The van der Waals surface area contributed by atoms with Crippen molar-refractivity contribution in [2.24, 2.45) is 0 Å². The maximum Gasteiger partial charge on any atom is 0.416 e. The monoisotopic (exact) mass is 399 g/mol. The van der Waals surface area contributed by atoms with Crippen LogP contribution in [0.2, 0.25) is 0 Å². The van der Waals surface area contributed by atoms with Gasteiger partial charge in [-0.05, 0) is 42.8 Å². The van der Waals surface area contributed by atoms with E-state index in [0.29, 0.717) is 13.1 Å². The summed E-state index contributed by atoms with van der Waals surface area (Å²) < 4.78 is 64.7. The van der Waals surface area contributed by atoms with Crippen LogP contribution in [0.25, 0.3) is 0 Å². The molecule has 1 saturated heterocycles. The third-order valence-electron chi connectivity index (χ3n) is 4.81. The van der Waals surface area contributed by atoms with Gasteiger partial charge in [-0.1, -0.05) is 6.07 Å². The summed E-state index contributed by atoms with van der Waals surface area (Å²) in [7, 11) is -3.81. The van der Waals surface area contributed by atoms with Crippen molar-refractivity contribution in [2.75, 3.05) is 26.2 Å². The highest BCUT2D eigenvalue weighted by Gasteiger charge is 2.33. The van der Waals surface area contributed by atoms with E-state index in [2.05, 4.69) is 9.88 Å². The molecule has 1 unspecified atom stereocenters. The van der Waals surface area contributed by atoms with Crippen LogP contribution in [0.4, 0.5) is 13.2 Å². The van der Waals surface area contributed by atoms with E-state index in [-0.39, 0.29) is 24.0 Å². The van der Waals surface area contributed by atoms with Crippen LogP contribution in [0.5, 0.6) is 0 Å². The van der Waals surface area contributed by atoms with Gasteiger partial charge in [-0.2, -0.15) is 17.5 Å². The normalized spacial score (nSPS) is 18.4. The third-order valence-corrected chi connectivity index (χ3v) is 6.72. The summed E-state index contributed by atoms with van der Waals surface area (Å²) in [5, 5.41) is 0. The molecule has 0 N–H and O–H groups in total. The van der Waals surface area contributed by atoms with Crippen LogP contribution in [-0.2, 0) is 16.2 Å². The van der Waals surface area contributed by atoms with E-state index < -0.39 is 21.8 Å². The second-order valence-electron chi connectivity index (χ2n) is 6.42. The van der Waals surface area contributed by atoms with Crippen LogP contribution in [0, 0.1) is 0 Å². The van der Waals surface area contributed by atoms with Crippen molar-refractivity contribution in [3.63, 3.8) is 0 Å². The van der Waals surface area contributed by atoms with Crippen LogP contribution < -0.4 is 0 Å². The Morgan fingerprint density at radius 1 is 1.04 bits per heavy atom. The molecule has 1 aliphatic heterocycles. The lowest BCUT2D eigenvalue weighted by molar-refractivity contribution is -0.137. The zero-order chi connectivity index (χ0) is 19.7. The Bertz CT molecular complexity index is 863. The number of hydrogen-bond donors (Lipinski definition) is 0. The van der Waals surface area contributed by atoms with Crippen LogP contribution in [0.15, 0.2) is 53.7 Å². The Labute approximate surface area is 156 Å². The Morgan fingerprint density at radius 2 is 1.67 bits per heavy atom. The molecule has 27 heavy (non-hydrogen) atoms. The summed E-state index contributed by atoms with van der Waals surface area (Å²) in [6.45, 7) is 3.69. The van der Waals surface area contributed by atoms with Gasteiger partial charge in [0.15, 0.2) is 0 Å². The molecule has 0 bridgehead atoms. The second kappa shape index (κ2) is 7.57. The van der Waals surface area contributed by atoms with Gasteiger partial charge in [0.1, 0.15) is 0 Å². The fourth-order valence-corrected chi connectivity index (χ4v) is 4.55. The standard InChI is InChI=1S/C18H20F3N3O2S/c1-14(15-3-2-8-22-13-15)23-9-11-24(12-10-23)27(25,26)17-6-4-16(5-7-17)18(19,20)21/h2-8,13-14H,9-12H2,1H3. The van der Waals surface area contributed by atoms with Gasteiger partial charge in [-0.15, -0.1) is 0 Å². The van der Waals surface area contributed by atoms with Gasteiger partial charge < -0.3 is 0 Å². The van der Waals surface area contributed by atoms with Crippen molar-refractivity contribution < 1.29 is 21.6 Å². The van der Waals surface area contributed by atoms with Crippen LogP contribution >= 0.6 is 0 Å². The molecule has 1 fully saturated rings. The molecule has 1 aromatic heterocycles. The molecule has 2 heterocycles. The highest BCUT2D eigenvalue weighted by atomic mass is 32.2. The Hall–Kier alpha value is -1.97. The summed E-state index contributed by atoms with van der Waals surface area (Å²) in [4.78, 5) is 6.15. The molecule has 0 saturated carbocycles. The lowest BCUT2D eigenvalue weighted by Crippen LogP contribution is -2.49. The average Bonchev–Trinajstić information content (AvgIpc) is 2.67. The van der Waals surface area contributed by atoms with E-state index in [0.717, 1.165) is 29.8 Å². The summed E-state index contributed by atoms with van der Waals surface area (Å²) in [5.41, 5.74) is 0.188. The lowest BCUT2D eigenvalue weighted by atomic mass is 10.1. The first-order valence-electron chi connectivity index (χ1n) is 8.51. The van der Waals surface area contributed by atoms with Crippen molar-refractivity contribution in [1.29, 1.82) is 0 Å². The van der Waals surface area contributed by atoms with Crippen LogP contribution in [0.3, 0.4) is 0 Å². The Kier molecular flexibility index (Phi) is 5.55. The first kappa shape index (κ1) is 19.8. The number of benzene rings is 1. The topological polar surface area (TPSA) is 53.5 Å². The highest BCUT2D eigenvalue weighted by molar-refractivity contribution is 7.89. The Balaban J connectivity index is 1.68. The molecule has 1 aromatic carbocycles. The number of rotatable bonds is 4. The molecular formula is C18H20F3N3O2S. The number of alkyl halides is 3. The smallest absolute Gasteiger partial charge is 0.294 e. The zero-order valence-corrected chi connectivity index (χ0v) is 15.5. The first-order valence-corrected chi connectivity index (χ1v) is 9.95. The molecule has 5 nitrogen and oxygen atoms in total. The van der Waals surface area contributed by atoms with Crippen molar-refractivity contribution in [3.8, 4) is 0 Å². The number of halogens is 3. The predicted octanol–water partition coefficient (Wildman–Crippen LogP) is 3.17. The van der Waals surface area contributed by atoms with Crippen LogP contribution in [-0.4, -0.2) is 48.8 Å². The summed E-state index contributed by atoms with van der Waals surface area (Å²) in [6.07, 6.45) is -1.00. The number of nitrogens with zero attached hydrogens (tertiary/aromatic N) is 3. The maximum atomic E-state index is 12.7. The summed E-state index contributed by atoms with van der Waals surface area (Å²) >= 11 is 0. The van der Waals surface area contributed by atoms with E-state index in [1.807, 2.05) is 19.1 Å². The fraction of sp³-hybridized carbons (Fsp3) is 0.389. The third kappa shape index (κ3) is 4.31. The molecular weight excluding hydrogens is 379 g/mol. The molecule has 0 radical (unpaired) electrons. The number of aromatic nitrogens is 1. The lowest BCUT2D eigenvalue weighted by Gasteiger charge is -2.37. The van der Waals surface area contributed by atoms with Gasteiger partial charge in [0.05, 0.1) is 10.5 Å². The van der Waals surface area contributed by atoms with Crippen molar-refractivity contribution >= 4 is 10.0 Å². The molecule has 2 aromatic rings. The quantitative estimate of drug-likeness (QED) is 0.793. The van der Waals surface area contributed by atoms with E-state index in [9.17, 15) is 21.6 Å². The minimum Gasteiger partial charge on any atom is -0.294 e. The van der Waals surface area contributed by atoms with Gasteiger partial charge in [-0.3, -0.25) is 9.88 Å². The predicted molar refractivity (Wildman–Crippen MR) is 94.4 cm³/mol. The molecule has 0 spiro atoms. The zero-order valence-electron chi connectivity index (χ0n) is 14.7. The van der Waals surface area contributed by atoms with Gasteiger partial charge in [0, 0.05) is 44.6 Å². The largest absolute Gasteiger partial charge is 0.416 e. The van der Waals surface area contributed by atoms with Gasteiger partial charge in [0.2, 0.25) is 10.0 Å². The molecule has 146 valence electrons. The minimum atomic E-state index is -4.49. The van der Waals surface area contributed by atoms with Gasteiger partial charge in [0.25, 0.3) is 0 Å².